The van der Waals surface area contributed by atoms with Crippen LogP contribution in [0, 0.1) is 29.6 Å². The lowest BCUT2D eigenvalue weighted by Crippen LogP contribution is -2.57. The summed E-state index contributed by atoms with van der Waals surface area (Å²) in [7, 11) is 1.46. The van der Waals surface area contributed by atoms with Crippen molar-refractivity contribution in [3.05, 3.63) is 47.8 Å². The number of rotatable bonds is 4. The molecule has 2 fully saturated rings. The van der Waals surface area contributed by atoms with Gasteiger partial charge < -0.3 is 34.1 Å². The highest BCUT2D eigenvalue weighted by molar-refractivity contribution is 5.87. The molecule has 12 atom stereocenters. The van der Waals surface area contributed by atoms with Crippen LogP contribution in [0.1, 0.15) is 44.6 Å². The Morgan fingerprint density at radius 3 is 2.70 bits per heavy atom. The van der Waals surface area contributed by atoms with Gasteiger partial charge in [0.2, 0.25) is 0 Å². The van der Waals surface area contributed by atoms with Crippen LogP contribution in [0.15, 0.2) is 42.1 Å². The number of ether oxygens (including phenoxy) is 4. The summed E-state index contributed by atoms with van der Waals surface area (Å²) < 4.78 is 24.2. The summed E-state index contributed by atoms with van der Waals surface area (Å²) in [6.45, 7) is 7.35. The summed E-state index contributed by atoms with van der Waals surface area (Å²) in [5.41, 5.74) is 0.301. The van der Waals surface area contributed by atoms with Gasteiger partial charge in [0.05, 0.1) is 12.2 Å². The molecule has 0 aromatic carbocycles. The Hall–Kier alpha value is -2.46. The van der Waals surface area contributed by atoms with Crippen molar-refractivity contribution in [2.45, 2.75) is 76.3 Å². The standard InChI is InChI=1S/C28H37NO8/c1-13-11-14(2)28-17(12-20(34-5)27(33)35-23(13)16(4)30)8-9-18-21(28)22(31)15(3)24(25(18)37-28)36-26(32)19-7-6-10-29-19/h6-11,13,15-18,20-25,29-31H,12H2,1-5H3/b14-11+/t13-,15-,16+,17+,18+,20-,21+,22+,23-,24-,25+,28+/m0/s1. The molecule has 5 rings (SSSR count). The number of aromatic nitrogens is 1. The first-order valence-corrected chi connectivity index (χ1v) is 13.1. The summed E-state index contributed by atoms with van der Waals surface area (Å²) in [5, 5.41) is 22.1. The first-order chi connectivity index (χ1) is 17.6. The molecule has 1 aromatic rings. The Morgan fingerprint density at radius 1 is 1.30 bits per heavy atom. The van der Waals surface area contributed by atoms with Gasteiger partial charge in [0.15, 0.2) is 6.10 Å². The summed E-state index contributed by atoms with van der Waals surface area (Å²) in [6, 6.07) is 3.37. The molecule has 0 radical (unpaired) electrons. The summed E-state index contributed by atoms with van der Waals surface area (Å²) in [5.74, 6) is -2.49. The maximum atomic E-state index is 13.1. The van der Waals surface area contributed by atoms with Gasteiger partial charge in [0, 0.05) is 42.9 Å². The Bertz CT molecular complexity index is 1080. The summed E-state index contributed by atoms with van der Waals surface area (Å²) >= 11 is 0. The van der Waals surface area contributed by atoms with Crippen LogP contribution in [0.25, 0.3) is 0 Å². The van der Waals surface area contributed by atoms with Gasteiger partial charge in [-0.15, -0.1) is 0 Å². The van der Waals surface area contributed by atoms with Crippen LogP contribution in [0.4, 0.5) is 0 Å². The zero-order valence-corrected chi connectivity index (χ0v) is 21.9. The van der Waals surface area contributed by atoms with Gasteiger partial charge in [-0.1, -0.05) is 32.1 Å². The molecular weight excluding hydrogens is 478 g/mol. The van der Waals surface area contributed by atoms with E-state index in [1.165, 1.54) is 7.11 Å². The highest BCUT2D eigenvalue weighted by Gasteiger charge is 2.69. The second-order valence-corrected chi connectivity index (χ2v) is 11.1. The average Bonchev–Trinajstić information content (AvgIpc) is 3.46. The first kappa shape index (κ1) is 26.2. The van der Waals surface area contributed by atoms with E-state index in [-0.39, 0.29) is 36.0 Å². The molecule has 3 heterocycles. The van der Waals surface area contributed by atoms with Gasteiger partial charge in [-0.2, -0.15) is 0 Å². The molecule has 0 amide bonds. The zero-order valence-electron chi connectivity index (χ0n) is 21.9. The third kappa shape index (κ3) is 4.07. The Morgan fingerprint density at radius 2 is 2.05 bits per heavy atom. The largest absolute Gasteiger partial charge is 0.457 e. The molecule has 9 nitrogen and oxygen atoms in total. The number of aromatic amines is 1. The number of cyclic esters (lactones) is 1. The second-order valence-electron chi connectivity index (χ2n) is 11.1. The predicted molar refractivity (Wildman–Crippen MR) is 132 cm³/mol. The van der Waals surface area contributed by atoms with Crippen molar-refractivity contribution in [3.63, 3.8) is 0 Å². The van der Waals surface area contributed by atoms with E-state index in [9.17, 15) is 19.8 Å². The molecular formula is C28H37NO8. The van der Waals surface area contributed by atoms with Crippen LogP contribution in [-0.4, -0.2) is 76.5 Å². The molecule has 2 aliphatic carbocycles. The Kier molecular flexibility index (Phi) is 6.85. The topological polar surface area (TPSA) is 127 Å². The minimum Gasteiger partial charge on any atom is -0.457 e. The number of carbonyl (C=O) groups is 2. The molecule has 4 aliphatic rings. The number of H-pyrrole nitrogens is 1. The fraction of sp³-hybridized carbons (Fsp3) is 0.643. The molecule has 2 aliphatic heterocycles. The number of hydrogen-bond donors (Lipinski definition) is 3. The number of aliphatic hydroxyl groups is 2. The third-order valence-corrected chi connectivity index (χ3v) is 8.94. The van der Waals surface area contributed by atoms with Crippen LogP contribution in [-0.2, 0) is 23.7 Å². The maximum Gasteiger partial charge on any atom is 0.355 e. The number of hydrogen-bond acceptors (Lipinski definition) is 8. The third-order valence-electron chi connectivity index (χ3n) is 8.94. The smallest absolute Gasteiger partial charge is 0.355 e. The normalized spacial score (nSPS) is 45.3. The van der Waals surface area contributed by atoms with Gasteiger partial charge in [0.25, 0.3) is 0 Å². The van der Waals surface area contributed by atoms with E-state index in [2.05, 4.69) is 4.98 Å². The van der Waals surface area contributed by atoms with Gasteiger partial charge >= 0.3 is 11.9 Å². The second kappa shape index (κ2) is 9.69. The van der Waals surface area contributed by atoms with Crippen LogP contribution in [0.2, 0.25) is 0 Å². The van der Waals surface area contributed by atoms with E-state index >= 15 is 0 Å². The minimum absolute atomic E-state index is 0.175. The quantitative estimate of drug-likeness (QED) is 0.412. The van der Waals surface area contributed by atoms with Gasteiger partial charge in [-0.05, 0) is 38.0 Å². The van der Waals surface area contributed by atoms with Gasteiger partial charge in [-0.25, -0.2) is 9.59 Å². The number of methoxy groups -OCH3 is 1. The lowest BCUT2D eigenvalue weighted by atomic mass is 9.57. The minimum atomic E-state index is -0.933. The monoisotopic (exact) mass is 515 g/mol. The molecule has 0 unspecified atom stereocenters. The van der Waals surface area contributed by atoms with Crippen molar-refractivity contribution in [3.8, 4) is 0 Å². The highest BCUT2D eigenvalue weighted by Crippen LogP contribution is 2.61. The van der Waals surface area contributed by atoms with E-state index in [1.54, 1.807) is 25.3 Å². The number of esters is 2. The van der Waals surface area contributed by atoms with Crippen molar-refractivity contribution < 1.29 is 38.7 Å². The van der Waals surface area contributed by atoms with E-state index < -0.39 is 54.2 Å². The number of carbonyl (C=O) groups excluding carboxylic acids is 2. The van der Waals surface area contributed by atoms with Crippen molar-refractivity contribution in [1.29, 1.82) is 0 Å². The van der Waals surface area contributed by atoms with E-state index in [4.69, 9.17) is 18.9 Å². The van der Waals surface area contributed by atoms with Crippen LogP contribution in [0.3, 0.4) is 0 Å². The van der Waals surface area contributed by atoms with Crippen molar-refractivity contribution in [1.82, 2.24) is 4.98 Å². The van der Waals surface area contributed by atoms with E-state index in [0.717, 1.165) is 5.57 Å². The molecule has 37 heavy (non-hydrogen) atoms. The molecule has 202 valence electrons. The molecule has 3 N–H and O–H groups in total. The zero-order chi connectivity index (χ0) is 26.6. The van der Waals surface area contributed by atoms with Crippen LogP contribution in [0.5, 0.6) is 0 Å². The van der Waals surface area contributed by atoms with Crippen LogP contribution >= 0.6 is 0 Å². The predicted octanol–water partition coefficient (Wildman–Crippen LogP) is 2.40. The molecule has 1 saturated carbocycles. The molecule has 1 saturated heterocycles. The van der Waals surface area contributed by atoms with Gasteiger partial charge in [-0.3, -0.25) is 0 Å². The Labute approximate surface area is 216 Å². The Balaban J connectivity index is 1.58. The maximum absolute atomic E-state index is 13.1. The van der Waals surface area contributed by atoms with Gasteiger partial charge in [0.1, 0.15) is 29.6 Å². The fourth-order valence-electron chi connectivity index (χ4n) is 7.14. The van der Waals surface area contributed by atoms with Crippen molar-refractivity contribution >= 4 is 11.9 Å². The first-order valence-electron chi connectivity index (χ1n) is 13.1. The van der Waals surface area contributed by atoms with Crippen LogP contribution < -0.4 is 0 Å². The summed E-state index contributed by atoms with van der Waals surface area (Å²) in [6.07, 6.45) is 3.53. The SMILES string of the molecule is CO[C@H]1C[C@H]2C=C[C@H]3[C@H]4O[C@@]2(/C(C)=C/[C@H](C)[C@@H]([C@@H](C)O)OC1=O)[C@H]3[C@H](O)[C@H](C)[C@@H]4OC(=O)c1ccc[nH]1. The molecule has 1 aromatic heterocycles. The molecule has 9 heteroatoms. The van der Waals surface area contributed by atoms with Crippen molar-refractivity contribution in [2.75, 3.05) is 7.11 Å². The number of nitrogens with one attached hydrogen (secondary N) is 1. The van der Waals surface area contributed by atoms with E-state index in [1.807, 2.05) is 39.0 Å². The number of aliphatic hydroxyl groups excluding tert-OH is 2. The summed E-state index contributed by atoms with van der Waals surface area (Å²) in [4.78, 5) is 28.8. The average molecular weight is 516 g/mol. The highest BCUT2D eigenvalue weighted by atomic mass is 16.6. The fourth-order valence-corrected chi connectivity index (χ4v) is 7.14. The lowest BCUT2D eigenvalue weighted by molar-refractivity contribution is -0.172. The molecule has 4 bridgehead atoms. The lowest BCUT2D eigenvalue weighted by Gasteiger charge is -2.48. The van der Waals surface area contributed by atoms with Crippen molar-refractivity contribution in [2.24, 2.45) is 29.6 Å². The molecule has 1 spiro atoms. The van der Waals surface area contributed by atoms with E-state index in [0.29, 0.717) is 5.69 Å².